The van der Waals surface area contributed by atoms with Gasteiger partial charge in [0.05, 0.1) is 7.11 Å². The first-order chi connectivity index (χ1) is 14.7. The SMILES string of the molecule is COc1cccc(N2CCN(C(=O)c3cc(-c4ccc5c(c4)OCO5)on3)CC2)c1. The van der Waals surface area contributed by atoms with Gasteiger partial charge in [0.25, 0.3) is 5.91 Å². The fourth-order valence-corrected chi connectivity index (χ4v) is 3.70. The highest BCUT2D eigenvalue weighted by molar-refractivity contribution is 5.93. The van der Waals surface area contributed by atoms with Gasteiger partial charge in [-0.25, -0.2) is 0 Å². The third-order valence-electron chi connectivity index (χ3n) is 5.37. The first kappa shape index (κ1) is 18.4. The molecule has 1 amide bonds. The molecule has 0 aliphatic carbocycles. The zero-order valence-corrected chi connectivity index (χ0v) is 16.5. The molecular formula is C22H21N3O5. The number of carbonyl (C=O) groups is 1. The Labute approximate surface area is 173 Å². The third kappa shape index (κ3) is 3.41. The van der Waals surface area contributed by atoms with Gasteiger partial charge in [-0.05, 0) is 30.3 Å². The Balaban J connectivity index is 1.25. The quantitative estimate of drug-likeness (QED) is 0.658. The number of nitrogens with zero attached hydrogens (tertiary/aromatic N) is 3. The van der Waals surface area contributed by atoms with Crippen LogP contribution in [0.3, 0.4) is 0 Å². The van der Waals surface area contributed by atoms with Gasteiger partial charge in [0.1, 0.15) is 5.75 Å². The van der Waals surface area contributed by atoms with Gasteiger partial charge in [0, 0.05) is 49.6 Å². The molecular weight excluding hydrogens is 386 g/mol. The fourth-order valence-electron chi connectivity index (χ4n) is 3.70. The Kier molecular flexibility index (Phi) is 4.66. The van der Waals surface area contributed by atoms with Crippen LogP contribution >= 0.6 is 0 Å². The van der Waals surface area contributed by atoms with E-state index >= 15 is 0 Å². The van der Waals surface area contributed by atoms with Crippen molar-refractivity contribution in [2.75, 3.05) is 45.0 Å². The molecule has 0 spiro atoms. The number of fused-ring (bicyclic) bond motifs is 1. The maximum atomic E-state index is 12.9. The fraction of sp³-hybridized carbons (Fsp3) is 0.273. The second-order valence-electron chi connectivity index (χ2n) is 7.13. The van der Waals surface area contributed by atoms with E-state index in [1.807, 2.05) is 36.4 Å². The lowest BCUT2D eigenvalue weighted by molar-refractivity contribution is 0.0736. The van der Waals surface area contributed by atoms with E-state index in [1.54, 1.807) is 18.1 Å². The predicted molar refractivity (Wildman–Crippen MR) is 109 cm³/mol. The van der Waals surface area contributed by atoms with E-state index in [2.05, 4.69) is 16.1 Å². The number of hydrogen-bond acceptors (Lipinski definition) is 7. The highest BCUT2D eigenvalue weighted by Gasteiger charge is 2.25. The minimum atomic E-state index is -0.129. The summed E-state index contributed by atoms with van der Waals surface area (Å²) in [6.45, 7) is 2.92. The van der Waals surface area contributed by atoms with E-state index in [0.717, 1.165) is 30.1 Å². The Morgan fingerprint density at radius 1 is 1.00 bits per heavy atom. The first-order valence-corrected chi connectivity index (χ1v) is 9.76. The largest absolute Gasteiger partial charge is 0.497 e. The number of carbonyl (C=O) groups excluding carboxylic acids is 1. The maximum absolute atomic E-state index is 12.9. The van der Waals surface area contributed by atoms with Crippen molar-refractivity contribution in [3.63, 3.8) is 0 Å². The molecule has 1 saturated heterocycles. The average molecular weight is 407 g/mol. The highest BCUT2D eigenvalue weighted by atomic mass is 16.7. The number of aromatic nitrogens is 1. The first-order valence-electron chi connectivity index (χ1n) is 9.76. The molecule has 0 radical (unpaired) electrons. The molecule has 1 aromatic heterocycles. The standard InChI is InChI=1S/C22H21N3O5/c1-27-17-4-2-3-16(12-17)24-7-9-25(10-8-24)22(26)18-13-20(30-23-18)15-5-6-19-21(11-15)29-14-28-19/h2-6,11-13H,7-10,14H2,1H3. The van der Waals surface area contributed by atoms with Crippen molar-refractivity contribution in [3.8, 4) is 28.6 Å². The third-order valence-corrected chi connectivity index (χ3v) is 5.37. The van der Waals surface area contributed by atoms with Gasteiger partial charge in [0.15, 0.2) is 23.0 Å². The van der Waals surface area contributed by atoms with Gasteiger partial charge in [-0.2, -0.15) is 0 Å². The Bertz CT molecular complexity index is 1070. The van der Waals surface area contributed by atoms with Crippen molar-refractivity contribution < 1.29 is 23.5 Å². The molecule has 8 heteroatoms. The molecule has 0 saturated carbocycles. The summed E-state index contributed by atoms with van der Waals surface area (Å²) in [5.74, 6) is 2.57. The van der Waals surface area contributed by atoms with Crippen molar-refractivity contribution in [2.45, 2.75) is 0 Å². The highest BCUT2D eigenvalue weighted by Crippen LogP contribution is 2.36. The van der Waals surface area contributed by atoms with Crippen LogP contribution in [0.1, 0.15) is 10.5 Å². The second-order valence-corrected chi connectivity index (χ2v) is 7.13. The summed E-state index contributed by atoms with van der Waals surface area (Å²) in [5, 5.41) is 3.99. The summed E-state index contributed by atoms with van der Waals surface area (Å²) in [4.78, 5) is 16.9. The van der Waals surface area contributed by atoms with Gasteiger partial charge >= 0.3 is 0 Å². The average Bonchev–Trinajstić information content (AvgIpc) is 3.48. The van der Waals surface area contributed by atoms with Gasteiger partial charge in [0.2, 0.25) is 6.79 Å². The van der Waals surface area contributed by atoms with Crippen LogP contribution in [0, 0.1) is 0 Å². The van der Waals surface area contributed by atoms with E-state index < -0.39 is 0 Å². The van der Waals surface area contributed by atoms with Crippen LogP contribution in [-0.2, 0) is 0 Å². The van der Waals surface area contributed by atoms with Gasteiger partial charge < -0.3 is 28.5 Å². The lowest BCUT2D eigenvalue weighted by Crippen LogP contribution is -2.48. The second kappa shape index (κ2) is 7.62. The molecule has 0 atom stereocenters. The van der Waals surface area contributed by atoms with Crippen molar-refractivity contribution in [2.24, 2.45) is 0 Å². The zero-order valence-electron chi connectivity index (χ0n) is 16.5. The Morgan fingerprint density at radius 2 is 1.83 bits per heavy atom. The molecule has 2 aliphatic rings. The van der Waals surface area contributed by atoms with E-state index in [1.165, 1.54) is 0 Å². The number of amides is 1. The number of anilines is 1. The molecule has 3 heterocycles. The van der Waals surface area contributed by atoms with Crippen molar-refractivity contribution in [1.82, 2.24) is 10.1 Å². The zero-order chi connectivity index (χ0) is 20.5. The van der Waals surface area contributed by atoms with Crippen LogP contribution in [0.5, 0.6) is 17.2 Å². The summed E-state index contributed by atoms with van der Waals surface area (Å²) >= 11 is 0. The Morgan fingerprint density at radius 3 is 2.67 bits per heavy atom. The number of benzene rings is 2. The van der Waals surface area contributed by atoms with Crippen molar-refractivity contribution in [1.29, 1.82) is 0 Å². The van der Waals surface area contributed by atoms with Crippen LogP contribution in [0.4, 0.5) is 5.69 Å². The number of ether oxygens (including phenoxy) is 3. The van der Waals surface area contributed by atoms with Crippen LogP contribution in [0.2, 0.25) is 0 Å². The molecule has 0 N–H and O–H groups in total. The minimum absolute atomic E-state index is 0.129. The van der Waals surface area contributed by atoms with Crippen molar-refractivity contribution in [3.05, 3.63) is 54.2 Å². The van der Waals surface area contributed by atoms with Gasteiger partial charge in [-0.15, -0.1) is 0 Å². The normalized spacial score (nSPS) is 15.4. The summed E-state index contributed by atoms with van der Waals surface area (Å²) in [6, 6.07) is 15.1. The molecule has 5 rings (SSSR count). The molecule has 0 bridgehead atoms. The van der Waals surface area contributed by atoms with Crippen LogP contribution in [0.25, 0.3) is 11.3 Å². The lowest BCUT2D eigenvalue weighted by atomic mass is 10.1. The molecule has 1 fully saturated rings. The van der Waals surface area contributed by atoms with Crippen LogP contribution < -0.4 is 19.1 Å². The molecule has 0 unspecified atom stereocenters. The molecule has 30 heavy (non-hydrogen) atoms. The summed E-state index contributed by atoms with van der Waals surface area (Å²) < 4.78 is 21.4. The Hall–Kier alpha value is -3.68. The molecule has 8 nitrogen and oxygen atoms in total. The van der Waals surface area contributed by atoms with E-state index in [0.29, 0.717) is 36.0 Å². The predicted octanol–water partition coefficient (Wildman–Crippen LogP) is 3.04. The summed E-state index contributed by atoms with van der Waals surface area (Å²) in [7, 11) is 1.66. The molecule has 2 aromatic carbocycles. The topological polar surface area (TPSA) is 77.3 Å². The maximum Gasteiger partial charge on any atom is 0.276 e. The van der Waals surface area contributed by atoms with Crippen LogP contribution in [0.15, 0.2) is 53.1 Å². The van der Waals surface area contributed by atoms with Gasteiger partial charge in [-0.1, -0.05) is 11.2 Å². The number of hydrogen-bond donors (Lipinski definition) is 0. The van der Waals surface area contributed by atoms with Gasteiger partial charge in [-0.3, -0.25) is 4.79 Å². The monoisotopic (exact) mass is 407 g/mol. The lowest BCUT2D eigenvalue weighted by Gasteiger charge is -2.35. The van der Waals surface area contributed by atoms with E-state index in [-0.39, 0.29) is 12.7 Å². The number of methoxy groups -OCH3 is 1. The minimum Gasteiger partial charge on any atom is -0.497 e. The molecule has 154 valence electrons. The molecule has 3 aromatic rings. The number of piperazine rings is 1. The molecule has 2 aliphatic heterocycles. The van der Waals surface area contributed by atoms with Crippen LogP contribution in [-0.4, -0.2) is 56.0 Å². The van der Waals surface area contributed by atoms with E-state index in [9.17, 15) is 4.79 Å². The number of rotatable bonds is 4. The summed E-state index contributed by atoms with van der Waals surface area (Å²) in [6.07, 6.45) is 0. The van der Waals surface area contributed by atoms with E-state index in [4.69, 9.17) is 18.7 Å². The van der Waals surface area contributed by atoms with Crippen molar-refractivity contribution >= 4 is 11.6 Å². The smallest absolute Gasteiger partial charge is 0.276 e. The summed E-state index contributed by atoms with van der Waals surface area (Å²) in [5.41, 5.74) is 2.18.